The molecule has 1 aliphatic heterocycles. The van der Waals surface area contributed by atoms with Gasteiger partial charge in [0.2, 0.25) is 0 Å². The van der Waals surface area contributed by atoms with Crippen LogP contribution in [0.15, 0.2) is 23.8 Å². The normalized spacial score (nSPS) is 31.5. The summed E-state index contributed by atoms with van der Waals surface area (Å²) in [5, 5.41) is 0. The number of allylic oxidation sites excluding steroid dienone is 3. The highest BCUT2D eigenvalue weighted by Gasteiger charge is 2.26. The summed E-state index contributed by atoms with van der Waals surface area (Å²) in [4.78, 5) is 2.43. The van der Waals surface area contributed by atoms with E-state index >= 15 is 0 Å². The van der Waals surface area contributed by atoms with Gasteiger partial charge in [-0.2, -0.15) is 0 Å². The van der Waals surface area contributed by atoms with E-state index in [2.05, 4.69) is 17.9 Å². The second kappa shape index (κ2) is 5.62. The van der Waals surface area contributed by atoms with E-state index < -0.39 is 6.17 Å². The highest BCUT2D eigenvalue weighted by Crippen LogP contribution is 2.27. The number of halogens is 1. The number of nitrogens with zero attached hydrogens (tertiary/aromatic N) is 1. The van der Waals surface area contributed by atoms with E-state index in [4.69, 9.17) is 0 Å². The van der Waals surface area contributed by atoms with Gasteiger partial charge < -0.3 is 4.90 Å². The van der Waals surface area contributed by atoms with Crippen molar-refractivity contribution in [2.45, 2.75) is 38.8 Å². The zero-order valence-electron chi connectivity index (χ0n) is 10.2. The minimum Gasteiger partial charge on any atom is -0.303 e. The van der Waals surface area contributed by atoms with Crippen LogP contribution in [0.5, 0.6) is 0 Å². The van der Waals surface area contributed by atoms with Crippen LogP contribution in [0.25, 0.3) is 0 Å². The number of hydrogen-bond acceptors (Lipinski definition) is 1. The number of hydrogen-bond donors (Lipinski definition) is 0. The first-order valence-electron chi connectivity index (χ1n) is 6.55. The Bertz CT molecular complexity index is 276. The molecule has 2 heteroatoms. The Balaban J connectivity index is 1.96. The summed E-state index contributed by atoms with van der Waals surface area (Å²) in [7, 11) is 0. The van der Waals surface area contributed by atoms with Crippen LogP contribution >= 0.6 is 0 Å². The number of rotatable bonds is 3. The van der Waals surface area contributed by atoms with Crippen molar-refractivity contribution in [2.75, 3.05) is 19.6 Å². The number of piperidine rings is 1. The van der Waals surface area contributed by atoms with E-state index in [0.29, 0.717) is 0 Å². The monoisotopic (exact) mass is 223 g/mol. The summed E-state index contributed by atoms with van der Waals surface area (Å²) in [6.45, 7) is 5.35. The average molecular weight is 223 g/mol. The maximum Gasteiger partial charge on any atom is 0.126 e. The average Bonchev–Trinajstić information content (AvgIpc) is 2.33. The first-order chi connectivity index (χ1) is 7.81. The molecule has 0 saturated carbocycles. The lowest BCUT2D eigenvalue weighted by atomic mass is 9.87. The predicted octanol–water partition coefficient (Wildman–Crippen LogP) is 3.33. The summed E-state index contributed by atoms with van der Waals surface area (Å²) in [5.41, 5.74) is 1.28. The summed E-state index contributed by atoms with van der Waals surface area (Å²) in [6, 6.07) is 0. The lowest BCUT2D eigenvalue weighted by molar-refractivity contribution is 0.171. The molecule has 1 fully saturated rings. The molecule has 2 unspecified atom stereocenters. The molecule has 90 valence electrons. The van der Waals surface area contributed by atoms with Crippen molar-refractivity contribution in [3.63, 3.8) is 0 Å². The van der Waals surface area contributed by atoms with Crippen molar-refractivity contribution < 1.29 is 4.39 Å². The van der Waals surface area contributed by atoms with Crippen LogP contribution in [0.2, 0.25) is 0 Å². The second-order valence-corrected chi connectivity index (χ2v) is 4.89. The molecule has 0 N–H and O–H groups in total. The molecule has 1 heterocycles. The van der Waals surface area contributed by atoms with Gasteiger partial charge in [-0.15, -0.1) is 0 Å². The Morgan fingerprint density at radius 1 is 1.31 bits per heavy atom. The molecule has 0 amide bonds. The van der Waals surface area contributed by atoms with Crippen LogP contribution in [0.1, 0.15) is 32.6 Å². The van der Waals surface area contributed by atoms with E-state index in [0.717, 1.165) is 26.1 Å². The van der Waals surface area contributed by atoms with Crippen LogP contribution < -0.4 is 0 Å². The largest absolute Gasteiger partial charge is 0.303 e. The van der Waals surface area contributed by atoms with Gasteiger partial charge in [-0.05, 0) is 32.4 Å². The fourth-order valence-electron chi connectivity index (χ4n) is 2.77. The van der Waals surface area contributed by atoms with Gasteiger partial charge in [0.25, 0.3) is 0 Å². The quantitative estimate of drug-likeness (QED) is 0.709. The lowest BCUT2D eigenvalue weighted by Gasteiger charge is -2.33. The molecule has 2 rings (SSSR count). The summed E-state index contributed by atoms with van der Waals surface area (Å²) in [6.07, 6.45) is 9.78. The maximum atomic E-state index is 13.9. The maximum absolute atomic E-state index is 13.9. The van der Waals surface area contributed by atoms with E-state index in [-0.39, 0.29) is 5.92 Å². The minimum atomic E-state index is -0.776. The van der Waals surface area contributed by atoms with E-state index in [1.165, 1.54) is 24.8 Å². The number of likely N-dealkylation sites (tertiary alicyclic amines) is 1. The van der Waals surface area contributed by atoms with Crippen LogP contribution in [-0.4, -0.2) is 30.7 Å². The molecule has 1 nitrogen and oxygen atoms in total. The first kappa shape index (κ1) is 11.8. The Morgan fingerprint density at radius 2 is 2.06 bits per heavy atom. The molecule has 0 aromatic heterocycles. The van der Waals surface area contributed by atoms with Gasteiger partial charge in [0.05, 0.1) is 0 Å². The summed E-state index contributed by atoms with van der Waals surface area (Å²) < 4.78 is 13.9. The molecular formula is C14H22FN. The molecule has 1 saturated heterocycles. The third-order valence-electron chi connectivity index (χ3n) is 3.78. The van der Waals surface area contributed by atoms with Crippen molar-refractivity contribution in [2.24, 2.45) is 5.92 Å². The molecule has 1 aliphatic carbocycles. The third-order valence-corrected chi connectivity index (χ3v) is 3.78. The van der Waals surface area contributed by atoms with Crippen molar-refractivity contribution in [3.8, 4) is 0 Å². The van der Waals surface area contributed by atoms with Gasteiger partial charge in [0.1, 0.15) is 6.17 Å². The Hall–Kier alpha value is -0.630. The highest BCUT2D eigenvalue weighted by atomic mass is 19.1. The molecule has 16 heavy (non-hydrogen) atoms. The zero-order valence-corrected chi connectivity index (χ0v) is 10.2. The topological polar surface area (TPSA) is 3.24 Å². The molecule has 0 aromatic rings. The van der Waals surface area contributed by atoms with Gasteiger partial charge in [0.15, 0.2) is 0 Å². The number of alkyl halides is 1. The van der Waals surface area contributed by atoms with Gasteiger partial charge in [0, 0.05) is 12.5 Å². The fraction of sp³-hybridized carbons (Fsp3) is 0.714. The van der Waals surface area contributed by atoms with Crippen LogP contribution in [0, 0.1) is 5.92 Å². The molecule has 2 atom stereocenters. The van der Waals surface area contributed by atoms with E-state index in [1.807, 2.05) is 6.08 Å². The third kappa shape index (κ3) is 2.73. The highest BCUT2D eigenvalue weighted by molar-refractivity contribution is 5.24. The molecule has 0 bridgehead atoms. The first-order valence-corrected chi connectivity index (χ1v) is 6.55. The summed E-state index contributed by atoms with van der Waals surface area (Å²) in [5.74, 6) is 0.105. The molecule has 0 spiro atoms. The predicted molar refractivity (Wildman–Crippen MR) is 66.2 cm³/mol. The summed E-state index contributed by atoms with van der Waals surface area (Å²) >= 11 is 0. The molecular weight excluding hydrogens is 201 g/mol. The van der Waals surface area contributed by atoms with Crippen LogP contribution in [0.4, 0.5) is 4.39 Å². The minimum absolute atomic E-state index is 0.105. The van der Waals surface area contributed by atoms with Gasteiger partial charge in [-0.3, -0.25) is 0 Å². The van der Waals surface area contributed by atoms with Crippen molar-refractivity contribution >= 4 is 0 Å². The van der Waals surface area contributed by atoms with Gasteiger partial charge in [-0.1, -0.05) is 37.1 Å². The van der Waals surface area contributed by atoms with E-state index in [9.17, 15) is 4.39 Å². The standard InChI is InChI=1S/C14H22FN/c1-2-12-7-6-8-14(15)13(12)11-16-9-4-3-5-10-16/h6-8,13-14H,2-5,9-11H2,1H3. The van der Waals surface area contributed by atoms with Gasteiger partial charge in [-0.25, -0.2) is 4.39 Å². The second-order valence-electron chi connectivity index (χ2n) is 4.89. The van der Waals surface area contributed by atoms with Crippen molar-refractivity contribution in [3.05, 3.63) is 23.8 Å². The van der Waals surface area contributed by atoms with Gasteiger partial charge >= 0.3 is 0 Å². The molecule has 2 aliphatic rings. The van der Waals surface area contributed by atoms with Crippen LogP contribution in [0.3, 0.4) is 0 Å². The fourth-order valence-corrected chi connectivity index (χ4v) is 2.77. The van der Waals surface area contributed by atoms with E-state index in [1.54, 1.807) is 6.08 Å². The molecule has 0 aromatic carbocycles. The smallest absolute Gasteiger partial charge is 0.126 e. The van der Waals surface area contributed by atoms with Crippen LogP contribution in [-0.2, 0) is 0 Å². The SMILES string of the molecule is CCC1=CC=CC(F)C1CN1CCCCC1. The molecule has 0 radical (unpaired) electrons. The van der Waals surface area contributed by atoms with Crippen molar-refractivity contribution in [1.82, 2.24) is 4.90 Å². The zero-order chi connectivity index (χ0) is 11.4. The van der Waals surface area contributed by atoms with Crippen molar-refractivity contribution in [1.29, 1.82) is 0 Å². The Labute approximate surface area is 98.0 Å². The lowest BCUT2D eigenvalue weighted by Crippen LogP contribution is -2.38. The Morgan fingerprint density at radius 3 is 2.75 bits per heavy atom. The Kier molecular flexibility index (Phi) is 4.16.